The van der Waals surface area contributed by atoms with Gasteiger partial charge < -0.3 is 10.0 Å². The van der Waals surface area contributed by atoms with Crippen molar-refractivity contribution in [3.63, 3.8) is 0 Å². The first-order chi connectivity index (χ1) is 12.0. The molecule has 7 heteroatoms. The molecule has 2 aromatic heterocycles. The van der Waals surface area contributed by atoms with Crippen molar-refractivity contribution in [2.45, 2.75) is 19.3 Å². The molecule has 0 unspecified atom stereocenters. The number of rotatable bonds is 3. The second-order valence-corrected chi connectivity index (χ2v) is 6.06. The minimum absolute atomic E-state index is 0.0607. The van der Waals surface area contributed by atoms with Gasteiger partial charge in [0.05, 0.1) is 0 Å². The lowest BCUT2D eigenvalue weighted by molar-refractivity contribution is 0.209. The number of hydrogen-bond donors (Lipinski definition) is 2. The van der Waals surface area contributed by atoms with Crippen LogP contribution in [0.4, 0.5) is 16.4 Å². The Morgan fingerprint density at radius 2 is 1.88 bits per heavy atom. The molecule has 1 saturated carbocycles. The van der Waals surface area contributed by atoms with E-state index in [9.17, 15) is 4.79 Å². The van der Waals surface area contributed by atoms with Gasteiger partial charge in [-0.15, -0.1) is 5.10 Å². The first-order valence-corrected chi connectivity index (χ1v) is 8.18. The van der Waals surface area contributed by atoms with Gasteiger partial charge in [-0.2, -0.15) is 4.98 Å². The van der Waals surface area contributed by atoms with Crippen LogP contribution < -0.4 is 10.2 Å². The van der Waals surface area contributed by atoms with Crippen LogP contribution >= 0.6 is 0 Å². The lowest BCUT2D eigenvalue weighted by Gasteiger charge is -2.17. The molecule has 3 aromatic rings. The summed E-state index contributed by atoms with van der Waals surface area (Å²) in [7, 11) is 3.98. The molecular formula is C18H21N5O2. The molecule has 0 atom stereocenters. The molecule has 1 amide bonds. The molecule has 1 aliphatic rings. The van der Waals surface area contributed by atoms with Crippen LogP contribution in [0.5, 0.6) is 0 Å². The number of pyridine rings is 1. The molecule has 2 N–H and O–H groups in total. The van der Waals surface area contributed by atoms with Crippen LogP contribution in [-0.4, -0.2) is 39.9 Å². The predicted molar refractivity (Wildman–Crippen MR) is 98.2 cm³/mol. The number of aromatic nitrogens is 3. The van der Waals surface area contributed by atoms with Gasteiger partial charge in [0.1, 0.15) is 0 Å². The molecule has 130 valence electrons. The Morgan fingerprint density at radius 1 is 1.16 bits per heavy atom. The van der Waals surface area contributed by atoms with Crippen molar-refractivity contribution < 1.29 is 9.90 Å². The molecule has 1 aromatic carbocycles. The summed E-state index contributed by atoms with van der Waals surface area (Å²) in [4.78, 5) is 16.8. The Kier molecular flexibility index (Phi) is 4.83. The van der Waals surface area contributed by atoms with Gasteiger partial charge in [-0.3, -0.25) is 5.32 Å². The zero-order valence-corrected chi connectivity index (χ0v) is 14.3. The molecule has 25 heavy (non-hydrogen) atoms. The fourth-order valence-electron chi connectivity index (χ4n) is 2.30. The van der Waals surface area contributed by atoms with Crippen LogP contribution in [-0.2, 0) is 0 Å². The van der Waals surface area contributed by atoms with Crippen LogP contribution in [0.15, 0.2) is 42.6 Å². The first kappa shape index (κ1) is 16.8. The maximum atomic E-state index is 10.6. The van der Waals surface area contributed by atoms with Gasteiger partial charge in [0.2, 0.25) is 0 Å². The molecule has 0 aliphatic heterocycles. The Hall–Kier alpha value is -3.09. The summed E-state index contributed by atoms with van der Waals surface area (Å²) in [6, 6.07) is 11.8. The number of nitrogens with one attached hydrogen (secondary N) is 1. The van der Waals surface area contributed by atoms with Crippen molar-refractivity contribution >= 4 is 23.4 Å². The first-order valence-electron chi connectivity index (χ1n) is 8.18. The van der Waals surface area contributed by atoms with E-state index in [0.29, 0.717) is 5.65 Å². The lowest BCUT2D eigenvalue weighted by atomic mass is 10.1. The minimum Gasteiger partial charge on any atom is -0.465 e. The average molecular weight is 339 g/mol. The van der Waals surface area contributed by atoms with E-state index in [2.05, 4.69) is 15.4 Å². The van der Waals surface area contributed by atoms with Crippen molar-refractivity contribution in [3.05, 3.63) is 42.6 Å². The van der Waals surface area contributed by atoms with Gasteiger partial charge in [-0.05, 0) is 18.2 Å². The van der Waals surface area contributed by atoms with Crippen LogP contribution in [0, 0.1) is 0 Å². The quantitative estimate of drug-likeness (QED) is 0.760. The van der Waals surface area contributed by atoms with Crippen LogP contribution in [0.2, 0.25) is 0 Å². The number of para-hydroxylation sites is 1. The number of fused-ring (bicyclic) bond motifs is 1. The van der Waals surface area contributed by atoms with E-state index < -0.39 is 6.09 Å². The number of carbonyl (C=O) groups is 1. The Labute approximate surface area is 145 Å². The van der Waals surface area contributed by atoms with Crippen LogP contribution in [0.1, 0.15) is 19.3 Å². The summed E-state index contributed by atoms with van der Waals surface area (Å²) in [5.74, 6) is 0.0607. The van der Waals surface area contributed by atoms with Gasteiger partial charge in [-0.1, -0.05) is 37.5 Å². The number of nitrogens with zero attached hydrogens (tertiary/aromatic N) is 4. The second-order valence-electron chi connectivity index (χ2n) is 6.06. The largest absolute Gasteiger partial charge is 0.465 e. The number of hydrogen-bond acceptors (Lipinski definition) is 4. The number of benzene rings is 1. The van der Waals surface area contributed by atoms with Gasteiger partial charge in [-0.25, -0.2) is 9.31 Å². The maximum Gasteiger partial charge on any atom is 0.411 e. The highest BCUT2D eigenvalue weighted by molar-refractivity contribution is 5.81. The zero-order chi connectivity index (χ0) is 17.8. The third kappa shape index (κ3) is 4.26. The average Bonchev–Trinajstić information content (AvgIpc) is 3.41. The summed E-state index contributed by atoms with van der Waals surface area (Å²) in [6.07, 6.45) is 5.15. The number of carboxylic acid groups (broad SMARTS) is 1. The fraction of sp³-hybridized carbons (Fsp3) is 0.278. The normalized spacial score (nSPS) is 12.2. The summed E-state index contributed by atoms with van der Waals surface area (Å²) in [5, 5.41) is 15.0. The highest BCUT2D eigenvalue weighted by atomic mass is 16.4. The third-order valence-electron chi connectivity index (χ3n) is 3.60. The summed E-state index contributed by atoms with van der Waals surface area (Å²) >= 11 is 0. The van der Waals surface area contributed by atoms with Crippen molar-refractivity contribution in [2.24, 2.45) is 0 Å². The van der Waals surface area contributed by atoms with Crippen LogP contribution in [0.3, 0.4) is 0 Å². The molecular weight excluding hydrogens is 318 g/mol. The number of amides is 1. The molecule has 1 aliphatic carbocycles. The monoisotopic (exact) mass is 339 g/mol. The van der Waals surface area contributed by atoms with Crippen molar-refractivity contribution in [1.82, 2.24) is 14.6 Å². The zero-order valence-electron chi connectivity index (χ0n) is 14.3. The van der Waals surface area contributed by atoms with Gasteiger partial charge in [0, 0.05) is 37.1 Å². The molecule has 0 saturated heterocycles. The van der Waals surface area contributed by atoms with Crippen LogP contribution in [0.25, 0.3) is 16.8 Å². The predicted octanol–water partition coefficient (Wildman–Crippen LogP) is 3.72. The summed E-state index contributed by atoms with van der Waals surface area (Å²) < 4.78 is 1.56. The molecule has 7 nitrogen and oxygen atoms in total. The minimum atomic E-state index is -1.19. The van der Waals surface area contributed by atoms with E-state index in [0.717, 1.165) is 16.8 Å². The van der Waals surface area contributed by atoms with Gasteiger partial charge in [0.25, 0.3) is 5.95 Å². The second kappa shape index (κ2) is 7.21. The van der Waals surface area contributed by atoms with Gasteiger partial charge >= 0.3 is 6.09 Å². The molecule has 0 spiro atoms. The van der Waals surface area contributed by atoms with E-state index in [4.69, 9.17) is 5.11 Å². The molecule has 1 fully saturated rings. The SMILES string of the molecule is C1CC1.CN(C)c1ccccc1-c1ccc2nc(NC(=O)O)nn2c1. The highest BCUT2D eigenvalue weighted by Crippen LogP contribution is 2.29. The highest BCUT2D eigenvalue weighted by Gasteiger charge is 2.10. The maximum absolute atomic E-state index is 10.6. The molecule has 4 rings (SSSR count). The Balaban J connectivity index is 0.000000549. The molecule has 0 radical (unpaired) electrons. The lowest BCUT2D eigenvalue weighted by Crippen LogP contribution is -2.09. The van der Waals surface area contributed by atoms with Crippen molar-refractivity contribution in [1.29, 1.82) is 0 Å². The molecule has 0 bridgehead atoms. The van der Waals surface area contributed by atoms with E-state index in [-0.39, 0.29) is 5.95 Å². The number of anilines is 2. The van der Waals surface area contributed by atoms with E-state index >= 15 is 0 Å². The fourth-order valence-corrected chi connectivity index (χ4v) is 2.30. The smallest absolute Gasteiger partial charge is 0.411 e. The van der Waals surface area contributed by atoms with Crippen molar-refractivity contribution in [3.8, 4) is 11.1 Å². The summed E-state index contributed by atoms with van der Waals surface area (Å²) in [5.41, 5.74) is 3.71. The van der Waals surface area contributed by atoms with E-state index in [1.165, 1.54) is 19.3 Å². The van der Waals surface area contributed by atoms with Gasteiger partial charge in [0.15, 0.2) is 5.65 Å². The van der Waals surface area contributed by atoms with Crippen molar-refractivity contribution in [2.75, 3.05) is 24.3 Å². The topological polar surface area (TPSA) is 82.8 Å². The van der Waals surface area contributed by atoms with E-state index in [1.54, 1.807) is 4.52 Å². The molecule has 2 heterocycles. The Morgan fingerprint density at radius 3 is 2.52 bits per heavy atom. The van der Waals surface area contributed by atoms with E-state index in [1.807, 2.05) is 61.6 Å². The summed E-state index contributed by atoms with van der Waals surface area (Å²) in [6.45, 7) is 0. The Bertz CT molecular complexity index is 883. The third-order valence-corrected chi connectivity index (χ3v) is 3.60. The standard InChI is InChI=1S/C15H15N5O2.C3H6/c1-19(2)12-6-4-3-5-11(12)10-7-8-13-16-14(17-15(21)22)18-20(13)9-10;1-2-3-1/h3-9H,1-2H3,(H,17,18)(H,21,22);1-3H2.